The van der Waals surface area contributed by atoms with E-state index in [0.717, 1.165) is 0 Å². The molecule has 4 nitrogen and oxygen atoms in total. The fourth-order valence-electron chi connectivity index (χ4n) is 1.91. The molecule has 0 aliphatic carbocycles. The minimum Gasteiger partial charge on any atom is -0.394 e. The van der Waals surface area contributed by atoms with E-state index in [2.05, 4.69) is 6.07 Å². The summed E-state index contributed by atoms with van der Waals surface area (Å²) < 4.78 is 0. The third-order valence-corrected chi connectivity index (χ3v) is 2.95. The molecule has 1 aliphatic rings. The second-order valence-electron chi connectivity index (χ2n) is 4.29. The first-order valence-electron chi connectivity index (χ1n) is 5.30. The first kappa shape index (κ1) is 11.1. The summed E-state index contributed by atoms with van der Waals surface area (Å²) in [7, 11) is 0. The van der Waals surface area contributed by atoms with Gasteiger partial charge in [-0.05, 0) is 24.6 Å². The van der Waals surface area contributed by atoms with Gasteiger partial charge in [-0.15, -0.1) is 0 Å². The number of hydrogen-bond acceptors (Lipinski definition) is 3. The van der Waals surface area contributed by atoms with Crippen molar-refractivity contribution in [2.24, 2.45) is 5.73 Å². The molecule has 1 aromatic carbocycles. The molecule has 1 unspecified atom stereocenters. The summed E-state index contributed by atoms with van der Waals surface area (Å²) in [5.74, 6) is -0.0326. The lowest BCUT2D eigenvalue weighted by Gasteiger charge is -2.21. The van der Waals surface area contributed by atoms with Crippen molar-refractivity contribution >= 4 is 5.91 Å². The molecule has 1 fully saturated rings. The quantitative estimate of drug-likeness (QED) is 0.737. The van der Waals surface area contributed by atoms with Gasteiger partial charge in [-0.25, -0.2) is 0 Å². The number of hydrogen-bond donors (Lipinski definition) is 2. The van der Waals surface area contributed by atoms with Gasteiger partial charge < -0.3 is 15.7 Å². The highest BCUT2D eigenvalue weighted by Gasteiger charge is 2.36. The monoisotopic (exact) mass is 219 g/mol. The zero-order valence-electron chi connectivity index (χ0n) is 9.02. The maximum Gasteiger partial charge on any atom is 0.253 e. The molecule has 1 saturated heterocycles. The van der Waals surface area contributed by atoms with Crippen molar-refractivity contribution in [3.63, 3.8) is 0 Å². The second kappa shape index (κ2) is 4.23. The maximum atomic E-state index is 12.0. The van der Waals surface area contributed by atoms with E-state index in [4.69, 9.17) is 10.8 Å². The summed E-state index contributed by atoms with van der Waals surface area (Å²) >= 11 is 0. The van der Waals surface area contributed by atoms with Crippen LogP contribution in [0.1, 0.15) is 16.8 Å². The third kappa shape index (κ3) is 2.08. The van der Waals surface area contributed by atoms with Gasteiger partial charge in [0.15, 0.2) is 0 Å². The van der Waals surface area contributed by atoms with E-state index in [1.165, 1.54) is 0 Å². The van der Waals surface area contributed by atoms with Crippen LogP contribution in [-0.2, 0) is 0 Å². The van der Waals surface area contributed by atoms with Crippen LogP contribution in [0.3, 0.4) is 0 Å². The number of carbonyl (C=O) groups excluding carboxylic acids is 1. The molecular formula is C12H15N2O2. The van der Waals surface area contributed by atoms with Crippen LogP contribution in [0, 0.1) is 6.07 Å². The van der Waals surface area contributed by atoms with Gasteiger partial charge in [-0.3, -0.25) is 4.79 Å². The van der Waals surface area contributed by atoms with Crippen LogP contribution >= 0.6 is 0 Å². The molecular weight excluding hydrogens is 204 g/mol. The van der Waals surface area contributed by atoms with Gasteiger partial charge >= 0.3 is 0 Å². The van der Waals surface area contributed by atoms with E-state index >= 15 is 0 Å². The summed E-state index contributed by atoms with van der Waals surface area (Å²) in [6.45, 7) is 0.939. The Balaban J connectivity index is 2.08. The second-order valence-corrected chi connectivity index (χ2v) is 4.29. The number of amides is 1. The predicted molar refractivity (Wildman–Crippen MR) is 59.8 cm³/mol. The van der Waals surface area contributed by atoms with E-state index in [-0.39, 0.29) is 12.5 Å². The maximum absolute atomic E-state index is 12.0. The highest BCUT2D eigenvalue weighted by Crippen LogP contribution is 2.20. The largest absolute Gasteiger partial charge is 0.394 e. The predicted octanol–water partition coefficient (Wildman–Crippen LogP) is 0.0225. The topological polar surface area (TPSA) is 66.6 Å². The van der Waals surface area contributed by atoms with Gasteiger partial charge in [0.05, 0.1) is 12.1 Å². The highest BCUT2D eigenvalue weighted by atomic mass is 16.3. The molecule has 0 saturated carbocycles. The van der Waals surface area contributed by atoms with Gasteiger partial charge in [0.1, 0.15) is 0 Å². The van der Waals surface area contributed by atoms with Gasteiger partial charge in [-0.1, -0.05) is 12.1 Å². The fraction of sp³-hybridized carbons (Fsp3) is 0.417. The molecule has 85 valence electrons. The van der Waals surface area contributed by atoms with E-state index in [1.807, 2.05) is 0 Å². The minimum atomic E-state index is -0.628. The van der Waals surface area contributed by atoms with Crippen molar-refractivity contribution in [2.75, 3.05) is 19.7 Å². The summed E-state index contributed by atoms with van der Waals surface area (Å²) in [4.78, 5) is 13.7. The zero-order chi connectivity index (χ0) is 11.6. The molecule has 3 N–H and O–H groups in total. The van der Waals surface area contributed by atoms with Crippen LogP contribution in [0.5, 0.6) is 0 Å². The molecule has 1 amide bonds. The number of rotatable bonds is 2. The number of nitrogens with two attached hydrogens (primary N) is 1. The molecule has 1 atom stereocenters. The number of benzene rings is 1. The Morgan fingerprint density at radius 1 is 1.56 bits per heavy atom. The molecule has 1 heterocycles. The molecule has 4 heteroatoms. The van der Waals surface area contributed by atoms with Crippen LogP contribution in [0.2, 0.25) is 0 Å². The van der Waals surface area contributed by atoms with Crippen molar-refractivity contribution in [1.82, 2.24) is 4.90 Å². The van der Waals surface area contributed by atoms with Crippen molar-refractivity contribution in [1.29, 1.82) is 0 Å². The number of aliphatic hydroxyl groups is 1. The Bertz CT molecular complexity index is 380. The van der Waals surface area contributed by atoms with Gasteiger partial charge in [-0.2, -0.15) is 0 Å². The Labute approximate surface area is 94.7 Å². The van der Waals surface area contributed by atoms with Crippen LogP contribution < -0.4 is 5.73 Å². The minimum absolute atomic E-state index is 0.0326. The average Bonchev–Trinajstić information content (AvgIpc) is 2.73. The third-order valence-electron chi connectivity index (χ3n) is 2.95. The van der Waals surface area contributed by atoms with Crippen LogP contribution in [-0.4, -0.2) is 41.1 Å². The molecule has 16 heavy (non-hydrogen) atoms. The SMILES string of the molecule is NC1(CO)CCN(C(=O)c2cc[c]cc2)C1. The standard InChI is InChI=1S/C12H15N2O2/c13-12(9-15)6-7-14(8-12)11(16)10-4-2-1-3-5-10/h2-5,15H,6-9,13H2. The lowest BCUT2D eigenvalue weighted by atomic mass is 10.0. The molecule has 1 radical (unpaired) electrons. The highest BCUT2D eigenvalue weighted by molar-refractivity contribution is 5.94. The van der Waals surface area contributed by atoms with E-state index in [0.29, 0.717) is 25.1 Å². The smallest absolute Gasteiger partial charge is 0.253 e. The summed E-state index contributed by atoms with van der Waals surface area (Å²) in [6, 6.07) is 9.76. The molecule has 1 aliphatic heterocycles. The first-order valence-corrected chi connectivity index (χ1v) is 5.30. The van der Waals surface area contributed by atoms with E-state index in [9.17, 15) is 4.79 Å². The zero-order valence-corrected chi connectivity index (χ0v) is 9.02. The van der Waals surface area contributed by atoms with Crippen molar-refractivity contribution < 1.29 is 9.90 Å². The van der Waals surface area contributed by atoms with Crippen molar-refractivity contribution in [3.8, 4) is 0 Å². The van der Waals surface area contributed by atoms with E-state index in [1.54, 1.807) is 29.2 Å². The number of likely N-dealkylation sites (tertiary alicyclic amines) is 1. The van der Waals surface area contributed by atoms with E-state index < -0.39 is 5.54 Å². The van der Waals surface area contributed by atoms with Crippen LogP contribution in [0.15, 0.2) is 24.3 Å². The Hall–Kier alpha value is -1.39. The lowest BCUT2D eigenvalue weighted by Crippen LogP contribution is -2.46. The Morgan fingerprint density at radius 3 is 2.81 bits per heavy atom. The number of carbonyl (C=O) groups is 1. The fourth-order valence-corrected chi connectivity index (χ4v) is 1.91. The van der Waals surface area contributed by atoms with Gasteiger partial charge in [0.2, 0.25) is 0 Å². The lowest BCUT2D eigenvalue weighted by molar-refractivity contribution is 0.0775. The first-order chi connectivity index (χ1) is 7.64. The number of aliphatic hydroxyl groups excluding tert-OH is 1. The Kier molecular flexibility index (Phi) is 2.94. The average molecular weight is 219 g/mol. The van der Waals surface area contributed by atoms with Crippen LogP contribution in [0.4, 0.5) is 0 Å². The molecule has 1 aromatic rings. The number of nitrogens with zero attached hydrogens (tertiary/aromatic N) is 1. The normalized spacial score (nSPS) is 24.8. The van der Waals surface area contributed by atoms with Crippen molar-refractivity contribution in [2.45, 2.75) is 12.0 Å². The molecule has 2 rings (SSSR count). The van der Waals surface area contributed by atoms with Gasteiger partial charge in [0.25, 0.3) is 5.91 Å². The molecule has 0 aromatic heterocycles. The molecule has 0 spiro atoms. The van der Waals surface area contributed by atoms with Crippen molar-refractivity contribution in [3.05, 3.63) is 35.9 Å². The van der Waals surface area contributed by atoms with Crippen LogP contribution in [0.25, 0.3) is 0 Å². The Morgan fingerprint density at radius 2 is 2.25 bits per heavy atom. The summed E-state index contributed by atoms with van der Waals surface area (Å²) in [6.07, 6.45) is 0.647. The molecule has 0 bridgehead atoms. The summed E-state index contributed by atoms with van der Waals surface area (Å²) in [5.41, 5.74) is 5.93. The summed E-state index contributed by atoms with van der Waals surface area (Å²) in [5, 5.41) is 9.13. The van der Waals surface area contributed by atoms with Gasteiger partial charge in [0, 0.05) is 18.7 Å².